The summed E-state index contributed by atoms with van der Waals surface area (Å²) in [6.07, 6.45) is 2.30. The number of hydrogen-bond donors (Lipinski definition) is 2. The van der Waals surface area contributed by atoms with E-state index in [4.69, 9.17) is 11.5 Å². The van der Waals surface area contributed by atoms with Crippen molar-refractivity contribution < 1.29 is 0 Å². The van der Waals surface area contributed by atoms with Gasteiger partial charge >= 0.3 is 0 Å². The molecule has 0 radical (unpaired) electrons. The molecule has 1 aliphatic carbocycles. The Morgan fingerprint density at radius 3 is 2.27 bits per heavy atom. The fourth-order valence-electron chi connectivity index (χ4n) is 2.31. The Balaban J connectivity index is 2.67. The van der Waals surface area contributed by atoms with Gasteiger partial charge in [0.15, 0.2) is 0 Å². The standard InChI is InChI=1S/C9H20N2/c1-6-4-7(10)8(11)9(2,3)5-6/h6-8H,4-5,10-11H2,1-3H3. The monoisotopic (exact) mass is 156 g/mol. The van der Waals surface area contributed by atoms with Gasteiger partial charge in [-0.05, 0) is 24.2 Å². The second kappa shape index (κ2) is 2.76. The van der Waals surface area contributed by atoms with E-state index in [-0.39, 0.29) is 17.5 Å². The third-order valence-electron chi connectivity index (χ3n) is 2.91. The number of hydrogen-bond acceptors (Lipinski definition) is 2. The van der Waals surface area contributed by atoms with Crippen molar-refractivity contribution in [3.05, 3.63) is 0 Å². The normalized spacial score (nSPS) is 43.9. The van der Waals surface area contributed by atoms with Gasteiger partial charge < -0.3 is 11.5 Å². The van der Waals surface area contributed by atoms with E-state index in [0.29, 0.717) is 0 Å². The first-order valence-electron chi connectivity index (χ1n) is 4.44. The molecule has 1 rings (SSSR count). The first-order valence-corrected chi connectivity index (χ1v) is 4.44. The minimum atomic E-state index is 0.179. The van der Waals surface area contributed by atoms with Crippen LogP contribution in [0.15, 0.2) is 0 Å². The average Bonchev–Trinajstić information content (AvgIpc) is 1.81. The molecule has 1 fully saturated rings. The minimum absolute atomic E-state index is 0.179. The molecule has 2 nitrogen and oxygen atoms in total. The highest BCUT2D eigenvalue weighted by atomic mass is 14.8. The highest BCUT2D eigenvalue weighted by molar-refractivity contribution is 4.95. The Morgan fingerprint density at radius 2 is 1.82 bits per heavy atom. The molecule has 0 aromatic carbocycles. The molecule has 0 saturated heterocycles. The topological polar surface area (TPSA) is 52.0 Å². The van der Waals surface area contributed by atoms with Crippen LogP contribution < -0.4 is 11.5 Å². The fourth-order valence-corrected chi connectivity index (χ4v) is 2.31. The first-order chi connectivity index (χ1) is 4.93. The molecule has 0 heterocycles. The van der Waals surface area contributed by atoms with Crippen LogP contribution in [0, 0.1) is 11.3 Å². The van der Waals surface area contributed by atoms with E-state index in [1.165, 1.54) is 6.42 Å². The van der Waals surface area contributed by atoms with Crippen LogP contribution in [0.25, 0.3) is 0 Å². The molecule has 0 aromatic rings. The summed E-state index contributed by atoms with van der Waals surface area (Å²) in [6.45, 7) is 6.69. The van der Waals surface area contributed by atoms with Gasteiger partial charge in [0.2, 0.25) is 0 Å². The lowest BCUT2D eigenvalue weighted by Gasteiger charge is -2.43. The zero-order chi connectivity index (χ0) is 8.65. The fraction of sp³-hybridized carbons (Fsp3) is 1.00. The van der Waals surface area contributed by atoms with Crippen molar-refractivity contribution in [2.24, 2.45) is 22.8 Å². The summed E-state index contributed by atoms with van der Waals surface area (Å²) in [5.41, 5.74) is 12.1. The average molecular weight is 156 g/mol. The Morgan fingerprint density at radius 1 is 1.27 bits per heavy atom. The van der Waals surface area contributed by atoms with E-state index in [0.717, 1.165) is 12.3 Å². The van der Waals surface area contributed by atoms with Crippen LogP contribution in [-0.4, -0.2) is 12.1 Å². The molecule has 1 saturated carbocycles. The zero-order valence-corrected chi connectivity index (χ0v) is 7.80. The van der Waals surface area contributed by atoms with Crippen molar-refractivity contribution in [2.45, 2.75) is 45.7 Å². The molecular formula is C9H20N2. The quantitative estimate of drug-likeness (QED) is 0.552. The van der Waals surface area contributed by atoms with Crippen LogP contribution in [0.3, 0.4) is 0 Å². The van der Waals surface area contributed by atoms with Gasteiger partial charge in [0.05, 0.1) is 0 Å². The van der Waals surface area contributed by atoms with Crippen molar-refractivity contribution in [3.63, 3.8) is 0 Å². The summed E-state index contributed by atoms with van der Waals surface area (Å²) < 4.78 is 0. The van der Waals surface area contributed by atoms with Gasteiger partial charge in [0, 0.05) is 12.1 Å². The number of rotatable bonds is 0. The molecule has 66 valence electrons. The van der Waals surface area contributed by atoms with Gasteiger partial charge in [-0.1, -0.05) is 20.8 Å². The largest absolute Gasteiger partial charge is 0.326 e. The van der Waals surface area contributed by atoms with Crippen molar-refractivity contribution in [2.75, 3.05) is 0 Å². The third-order valence-corrected chi connectivity index (χ3v) is 2.91. The molecule has 0 amide bonds. The molecule has 0 spiro atoms. The van der Waals surface area contributed by atoms with Gasteiger partial charge in [-0.15, -0.1) is 0 Å². The van der Waals surface area contributed by atoms with Crippen molar-refractivity contribution in [3.8, 4) is 0 Å². The molecule has 1 aliphatic rings. The maximum atomic E-state index is 5.99. The van der Waals surface area contributed by atoms with E-state index >= 15 is 0 Å². The predicted octanol–water partition coefficient (Wildman–Crippen LogP) is 1.10. The van der Waals surface area contributed by atoms with E-state index < -0.39 is 0 Å². The summed E-state index contributed by atoms with van der Waals surface area (Å²) in [4.78, 5) is 0. The smallest absolute Gasteiger partial charge is 0.0244 e. The van der Waals surface area contributed by atoms with Crippen LogP contribution in [0.1, 0.15) is 33.6 Å². The van der Waals surface area contributed by atoms with E-state index in [1.807, 2.05) is 0 Å². The molecule has 3 atom stereocenters. The van der Waals surface area contributed by atoms with Crippen LogP contribution in [0.4, 0.5) is 0 Å². The molecule has 2 heteroatoms. The summed E-state index contributed by atoms with van der Waals surface area (Å²) in [5.74, 6) is 0.736. The van der Waals surface area contributed by atoms with Gasteiger partial charge in [-0.25, -0.2) is 0 Å². The Kier molecular flexibility index (Phi) is 2.26. The van der Waals surface area contributed by atoms with Crippen LogP contribution in [0.2, 0.25) is 0 Å². The lowest BCUT2D eigenvalue weighted by Crippen LogP contribution is -2.55. The lowest BCUT2D eigenvalue weighted by molar-refractivity contribution is 0.136. The second-order valence-electron chi connectivity index (χ2n) is 4.72. The van der Waals surface area contributed by atoms with E-state index in [9.17, 15) is 0 Å². The maximum Gasteiger partial charge on any atom is 0.0244 e. The molecule has 4 N–H and O–H groups in total. The lowest BCUT2D eigenvalue weighted by atomic mass is 9.67. The second-order valence-corrected chi connectivity index (χ2v) is 4.72. The molecule has 0 aromatic heterocycles. The Hall–Kier alpha value is -0.0800. The predicted molar refractivity (Wildman–Crippen MR) is 48.1 cm³/mol. The van der Waals surface area contributed by atoms with Crippen molar-refractivity contribution >= 4 is 0 Å². The summed E-state index contributed by atoms with van der Waals surface area (Å²) >= 11 is 0. The van der Waals surface area contributed by atoms with E-state index in [2.05, 4.69) is 20.8 Å². The van der Waals surface area contributed by atoms with Crippen molar-refractivity contribution in [1.82, 2.24) is 0 Å². The van der Waals surface area contributed by atoms with E-state index in [1.54, 1.807) is 0 Å². The van der Waals surface area contributed by atoms with Gasteiger partial charge in [0.1, 0.15) is 0 Å². The van der Waals surface area contributed by atoms with Gasteiger partial charge in [-0.3, -0.25) is 0 Å². The Labute approximate surface area is 69.3 Å². The molecule has 11 heavy (non-hydrogen) atoms. The molecular weight excluding hydrogens is 136 g/mol. The zero-order valence-electron chi connectivity index (χ0n) is 7.80. The minimum Gasteiger partial charge on any atom is -0.326 e. The maximum absolute atomic E-state index is 5.99. The highest BCUT2D eigenvalue weighted by Gasteiger charge is 2.37. The first kappa shape index (κ1) is 9.01. The van der Waals surface area contributed by atoms with Crippen LogP contribution in [-0.2, 0) is 0 Å². The van der Waals surface area contributed by atoms with Gasteiger partial charge in [0.25, 0.3) is 0 Å². The SMILES string of the molecule is CC1CC(N)C(N)C(C)(C)C1. The summed E-state index contributed by atoms with van der Waals surface area (Å²) in [6, 6.07) is 0.382. The van der Waals surface area contributed by atoms with Crippen LogP contribution >= 0.6 is 0 Å². The third kappa shape index (κ3) is 1.74. The Bertz CT molecular complexity index is 142. The molecule has 0 aliphatic heterocycles. The summed E-state index contributed by atoms with van der Waals surface area (Å²) in [5, 5.41) is 0. The highest BCUT2D eigenvalue weighted by Crippen LogP contribution is 2.36. The van der Waals surface area contributed by atoms with Crippen LogP contribution in [0.5, 0.6) is 0 Å². The molecule has 0 bridgehead atoms. The molecule has 3 unspecified atom stereocenters. The summed E-state index contributed by atoms with van der Waals surface area (Å²) in [7, 11) is 0. The number of nitrogens with two attached hydrogens (primary N) is 2. The van der Waals surface area contributed by atoms with Gasteiger partial charge in [-0.2, -0.15) is 0 Å². The van der Waals surface area contributed by atoms with Crippen molar-refractivity contribution in [1.29, 1.82) is 0 Å².